The molecule has 0 aromatic carbocycles. The first-order valence-electron chi connectivity index (χ1n) is 26.6. The summed E-state index contributed by atoms with van der Waals surface area (Å²) in [6.07, 6.45) is 82.2. The van der Waals surface area contributed by atoms with E-state index in [1.807, 2.05) is 12.2 Å². The number of rotatable bonds is 45. The molecule has 0 spiro atoms. The van der Waals surface area contributed by atoms with E-state index in [2.05, 4.69) is 179 Å². The Balaban J connectivity index is 4.53. The topological polar surface area (TPSA) is 78.9 Å². The Labute approximate surface area is 422 Å². The molecule has 0 bridgehead atoms. The zero-order valence-corrected chi connectivity index (χ0v) is 43.5. The molecule has 0 amide bonds. The summed E-state index contributed by atoms with van der Waals surface area (Å²) in [6.45, 7) is 6.14. The van der Waals surface area contributed by atoms with Crippen LogP contribution in [0.4, 0.5) is 0 Å². The van der Waals surface area contributed by atoms with Crippen LogP contribution in [0.3, 0.4) is 0 Å². The van der Waals surface area contributed by atoms with E-state index in [1.165, 1.54) is 0 Å². The van der Waals surface area contributed by atoms with Gasteiger partial charge in [0.05, 0.1) is 0 Å². The lowest BCUT2D eigenvalue weighted by molar-refractivity contribution is -0.166. The van der Waals surface area contributed by atoms with Gasteiger partial charge >= 0.3 is 17.9 Å². The van der Waals surface area contributed by atoms with Gasteiger partial charge in [-0.1, -0.05) is 204 Å². The largest absolute Gasteiger partial charge is 0.462 e. The predicted molar refractivity (Wildman–Crippen MR) is 297 cm³/mol. The Bertz CT molecular complexity index is 1650. The number of carbonyl (C=O) groups is 3. The van der Waals surface area contributed by atoms with Gasteiger partial charge in [0.25, 0.3) is 0 Å². The second-order valence-electron chi connectivity index (χ2n) is 16.6. The normalized spacial score (nSPS) is 13.5. The van der Waals surface area contributed by atoms with Crippen molar-refractivity contribution >= 4 is 17.9 Å². The average Bonchev–Trinajstić information content (AvgIpc) is 3.35. The first kappa shape index (κ1) is 63.8. The van der Waals surface area contributed by atoms with Gasteiger partial charge < -0.3 is 14.2 Å². The van der Waals surface area contributed by atoms with Crippen molar-refractivity contribution in [2.75, 3.05) is 13.2 Å². The highest BCUT2D eigenvalue weighted by molar-refractivity contribution is 5.71. The summed E-state index contributed by atoms with van der Waals surface area (Å²) in [7, 11) is 0. The number of allylic oxidation sites excluding steroid dienone is 28. The molecule has 6 nitrogen and oxygen atoms in total. The van der Waals surface area contributed by atoms with Crippen molar-refractivity contribution in [3.05, 3.63) is 170 Å². The molecule has 0 N–H and O–H groups in total. The highest BCUT2D eigenvalue weighted by Gasteiger charge is 2.19. The maximum Gasteiger partial charge on any atom is 0.306 e. The van der Waals surface area contributed by atoms with E-state index in [4.69, 9.17) is 14.2 Å². The molecular formula is C63H94O6. The predicted octanol–water partition coefficient (Wildman–Crippen LogP) is 18.0. The quantitative estimate of drug-likeness (QED) is 0.0262. The molecule has 0 radical (unpaired) electrons. The molecule has 0 aromatic rings. The van der Waals surface area contributed by atoms with Gasteiger partial charge in [0.15, 0.2) is 6.10 Å². The van der Waals surface area contributed by atoms with Crippen LogP contribution in [0, 0.1) is 0 Å². The molecule has 0 heterocycles. The highest BCUT2D eigenvalue weighted by Crippen LogP contribution is 2.10. The van der Waals surface area contributed by atoms with Crippen LogP contribution in [-0.2, 0) is 28.6 Å². The average molecular weight is 947 g/mol. The van der Waals surface area contributed by atoms with E-state index in [0.29, 0.717) is 12.8 Å². The first-order valence-corrected chi connectivity index (χ1v) is 26.6. The molecule has 0 aliphatic carbocycles. The second-order valence-corrected chi connectivity index (χ2v) is 16.6. The van der Waals surface area contributed by atoms with E-state index in [-0.39, 0.29) is 38.0 Å². The van der Waals surface area contributed by atoms with Gasteiger partial charge in [0.1, 0.15) is 13.2 Å². The van der Waals surface area contributed by atoms with Gasteiger partial charge in [-0.2, -0.15) is 0 Å². The van der Waals surface area contributed by atoms with E-state index in [1.54, 1.807) is 0 Å². The molecule has 0 rings (SSSR count). The zero-order chi connectivity index (χ0) is 50.0. The molecule has 0 aliphatic heterocycles. The Kier molecular flexibility index (Phi) is 51.2. The molecule has 1 unspecified atom stereocenters. The molecule has 0 aliphatic rings. The van der Waals surface area contributed by atoms with Crippen LogP contribution in [0.15, 0.2) is 170 Å². The summed E-state index contributed by atoms with van der Waals surface area (Å²) >= 11 is 0. The van der Waals surface area contributed by atoms with Crippen molar-refractivity contribution in [2.24, 2.45) is 0 Å². The van der Waals surface area contributed by atoms with Crippen LogP contribution in [0.2, 0.25) is 0 Å². The minimum absolute atomic E-state index is 0.142. The third kappa shape index (κ3) is 53.6. The molecule has 0 aromatic heterocycles. The van der Waals surface area contributed by atoms with E-state index < -0.39 is 12.1 Å². The van der Waals surface area contributed by atoms with Crippen molar-refractivity contribution in [1.29, 1.82) is 0 Å². The summed E-state index contributed by atoms with van der Waals surface area (Å²) in [6, 6.07) is 0. The van der Waals surface area contributed by atoms with E-state index >= 15 is 0 Å². The van der Waals surface area contributed by atoms with E-state index in [0.717, 1.165) is 141 Å². The van der Waals surface area contributed by atoms with Crippen molar-refractivity contribution in [3.8, 4) is 0 Å². The fourth-order valence-corrected chi connectivity index (χ4v) is 6.33. The van der Waals surface area contributed by atoms with Crippen LogP contribution < -0.4 is 0 Å². The number of ether oxygens (including phenoxy) is 3. The lowest BCUT2D eigenvalue weighted by Gasteiger charge is -2.18. The van der Waals surface area contributed by atoms with Gasteiger partial charge in [0, 0.05) is 19.3 Å². The Morgan fingerprint density at radius 2 is 0.551 bits per heavy atom. The Morgan fingerprint density at radius 3 is 0.841 bits per heavy atom. The number of carbonyl (C=O) groups excluding carboxylic acids is 3. The summed E-state index contributed by atoms with van der Waals surface area (Å²) in [5.41, 5.74) is 0. The van der Waals surface area contributed by atoms with Gasteiger partial charge in [-0.05, 0) is 135 Å². The molecule has 6 heteroatoms. The van der Waals surface area contributed by atoms with Crippen molar-refractivity contribution in [2.45, 2.75) is 194 Å². The van der Waals surface area contributed by atoms with Crippen molar-refractivity contribution < 1.29 is 28.6 Å². The smallest absolute Gasteiger partial charge is 0.306 e. The number of esters is 3. The number of unbranched alkanes of at least 4 members (excludes halogenated alkanes) is 6. The molecule has 69 heavy (non-hydrogen) atoms. The monoisotopic (exact) mass is 947 g/mol. The number of hydrogen-bond acceptors (Lipinski definition) is 6. The van der Waals surface area contributed by atoms with Crippen LogP contribution in [-0.4, -0.2) is 37.2 Å². The molecule has 0 saturated carbocycles. The third-order valence-electron chi connectivity index (χ3n) is 10.2. The first-order chi connectivity index (χ1) is 34.0. The van der Waals surface area contributed by atoms with Crippen molar-refractivity contribution in [1.82, 2.24) is 0 Å². The molecule has 0 fully saturated rings. The fourth-order valence-electron chi connectivity index (χ4n) is 6.33. The Morgan fingerprint density at radius 1 is 0.290 bits per heavy atom. The minimum atomic E-state index is -0.851. The SMILES string of the molecule is CC/C=C\C/C=C\C/C=C\C/C=C\C/C=C\C/C=C\C/C=C\CCCCCC(=O)OCC(COC(=O)CCCCC/C=C\C/C=C\C/C=C\CC)OC(=O)CC/C=C\C/C=C\C/C=C\C/C=C\CC. The fraction of sp³-hybridized carbons (Fsp3) is 0.508. The van der Waals surface area contributed by atoms with Gasteiger partial charge in [-0.3, -0.25) is 14.4 Å². The van der Waals surface area contributed by atoms with E-state index in [9.17, 15) is 14.4 Å². The van der Waals surface area contributed by atoms with Gasteiger partial charge in [-0.25, -0.2) is 0 Å². The van der Waals surface area contributed by atoms with Crippen LogP contribution in [0.1, 0.15) is 188 Å². The van der Waals surface area contributed by atoms with Crippen molar-refractivity contribution in [3.63, 3.8) is 0 Å². The van der Waals surface area contributed by atoms with Crippen LogP contribution in [0.25, 0.3) is 0 Å². The Hall–Kier alpha value is -5.23. The maximum atomic E-state index is 12.8. The lowest BCUT2D eigenvalue weighted by atomic mass is 10.1. The maximum absolute atomic E-state index is 12.8. The third-order valence-corrected chi connectivity index (χ3v) is 10.2. The lowest BCUT2D eigenvalue weighted by Crippen LogP contribution is -2.30. The summed E-state index contributed by atoms with van der Waals surface area (Å²) in [4.78, 5) is 38.0. The van der Waals surface area contributed by atoms with Crippen LogP contribution in [0.5, 0.6) is 0 Å². The summed E-state index contributed by atoms with van der Waals surface area (Å²) in [5.74, 6) is -1.10. The van der Waals surface area contributed by atoms with Gasteiger partial charge in [0.2, 0.25) is 0 Å². The molecule has 1 atom stereocenters. The highest BCUT2D eigenvalue weighted by atomic mass is 16.6. The number of hydrogen-bond donors (Lipinski definition) is 0. The molecular weight excluding hydrogens is 853 g/mol. The summed E-state index contributed by atoms with van der Waals surface area (Å²) in [5, 5.41) is 0. The molecule has 382 valence electrons. The standard InChI is InChI=1S/C63H94O6/c1-4-7-10-13-16-19-22-25-26-27-28-29-30-31-32-33-34-35-36-39-41-44-47-50-53-56-62(65)68-59-60(69-63(66)57-54-51-48-45-42-38-24-21-18-15-12-9-6-3)58-67-61(64)55-52-49-46-43-40-37-23-20-17-14-11-8-5-2/h7-12,16-21,25-26,28-29,31-32,34-35,37-42,48,51,60H,4-6,13-15,22-24,27,30,33,36,43-47,49-50,52-59H2,1-3H3/b10-7-,11-8-,12-9-,19-16-,20-17-,21-18-,26-25-,29-28-,32-31-,35-34-,40-37-,41-39-,42-38-,51-48-. The second kappa shape index (κ2) is 55.4. The van der Waals surface area contributed by atoms with Crippen LogP contribution >= 0.6 is 0 Å². The summed E-state index contributed by atoms with van der Waals surface area (Å²) < 4.78 is 16.7. The molecule has 0 saturated heterocycles. The zero-order valence-electron chi connectivity index (χ0n) is 43.5. The van der Waals surface area contributed by atoms with Gasteiger partial charge in [-0.15, -0.1) is 0 Å². The minimum Gasteiger partial charge on any atom is -0.462 e.